The molecule has 1 aliphatic rings. The lowest BCUT2D eigenvalue weighted by Crippen LogP contribution is -2.45. The maximum atomic E-state index is 12.9. The summed E-state index contributed by atoms with van der Waals surface area (Å²) in [5.41, 5.74) is -2.55. The van der Waals surface area contributed by atoms with Crippen LogP contribution in [0.5, 0.6) is 5.88 Å². The lowest BCUT2D eigenvalue weighted by Gasteiger charge is -2.32. The standard InChI is InChI=1S/C21H34BN3O7/c1-18(2,3)29-16(26)25(17(27)30-19(4,5)6)14-15(28-11)24-13(12-23-14)22-31-20(7,8)21(9,10)32-22/h12H,1-11H3. The Morgan fingerprint density at radius 1 is 0.938 bits per heavy atom. The third-order valence-corrected chi connectivity index (χ3v) is 4.79. The summed E-state index contributed by atoms with van der Waals surface area (Å²) in [6.07, 6.45) is -0.577. The quantitative estimate of drug-likeness (QED) is 0.638. The minimum absolute atomic E-state index is 0.0890. The molecule has 1 aliphatic heterocycles. The predicted octanol–water partition coefficient (Wildman–Crippen LogP) is 3.46. The van der Waals surface area contributed by atoms with Gasteiger partial charge in [-0.2, -0.15) is 4.90 Å². The van der Waals surface area contributed by atoms with Crippen molar-refractivity contribution in [3.63, 3.8) is 0 Å². The maximum absolute atomic E-state index is 12.9. The average molecular weight is 451 g/mol. The number of carbonyl (C=O) groups excluding carboxylic acids is 2. The molecule has 11 heteroatoms. The summed E-state index contributed by atoms with van der Waals surface area (Å²) in [5.74, 6) is -0.259. The molecule has 0 unspecified atom stereocenters. The van der Waals surface area contributed by atoms with Crippen molar-refractivity contribution in [3.8, 4) is 5.88 Å². The van der Waals surface area contributed by atoms with E-state index in [1.807, 2.05) is 27.7 Å². The predicted molar refractivity (Wildman–Crippen MR) is 119 cm³/mol. The summed E-state index contributed by atoms with van der Waals surface area (Å²) < 4.78 is 28.1. The number of nitrogens with zero attached hydrogens (tertiary/aromatic N) is 3. The molecular weight excluding hydrogens is 417 g/mol. The highest BCUT2D eigenvalue weighted by molar-refractivity contribution is 6.61. The molecule has 2 heterocycles. The summed E-state index contributed by atoms with van der Waals surface area (Å²) >= 11 is 0. The first-order chi connectivity index (χ1) is 14.4. The molecule has 1 saturated heterocycles. The lowest BCUT2D eigenvalue weighted by atomic mass is 9.85. The highest BCUT2D eigenvalue weighted by Crippen LogP contribution is 2.36. The number of rotatable bonds is 3. The number of hydrogen-bond donors (Lipinski definition) is 0. The van der Waals surface area contributed by atoms with E-state index < -0.39 is 41.7 Å². The first-order valence-corrected chi connectivity index (χ1v) is 10.4. The van der Waals surface area contributed by atoms with Crippen LogP contribution >= 0.6 is 0 Å². The number of aromatic nitrogens is 2. The Morgan fingerprint density at radius 3 is 1.75 bits per heavy atom. The Hall–Kier alpha value is -2.40. The van der Waals surface area contributed by atoms with Crippen LogP contribution in [0.15, 0.2) is 6.20 Å². The van der Waals surface area contributed by atoms with Gasteiger partial charge in [0.2, 0.25) is 5.82 Å². The fraction of sp³-hybridized carbons (Fsp3) is 0.714. The van der Waals surface area contributed by atoms with Crippen LogP contribution in [0.2, 0.25) is 0 Å². The first-order valence-electron chi connectivity index (χ1n) is 10.4. The smallest absolute Gasteiger partial charge is 0.478 e. The van der Waals surface area contributed by atoms with Gasteiger partial charge in [0.1, 0.15) is 11.2 Å². The summed E-state index contributed by atoms with van der Waals surface area (Å²) in [6, 6.07) is 0. The molecule has 0 bridgehead atoms. The van der Waals surface area contributed by atoms with Crippen molar-refractivity contribution in [1.82, 2.24) is 9.97 Å². The molecule has 1 aromatic heterocycles. The Morgan fingerprint density at radius 2 is 1.38 bits per heavy atom. The van der Waals surface area contributed by atoms with Gasteiger partial charge in [-0.15, -0.1) is 0 Å². The highest BCUT2D eigenvalue weighted by atomic mass is 16.7. The van der Waals surface area contributed by atoms with Gasteiger partial charge in [-0.25, -0.2) is 19.6 Å². The fourth-order valence-electron chi connectivity index (χ4n) is 2.61. The average Bonchev–Trinajstić information content (AvgIpc) is 2.79. The van der Waals surface area contributed by atoms with E-state index in [1.165, 1.54) is 13.3 Å². The normalized spacial score (nSPS) is 17.7. The van der Waals surface area contributed by atoms with Gasteiger partial charge >= 0.3 is 19.3 Å². The highest BCUT2D eigenvalue weighted by Gasteiger charge is 2.53. The summed E-state index contributed by atoms with van der Waals surface area (Å²) in [6.45, 7) is 17.8. The van der Waals surface area contributed by atoms with Crippen LogP contribution in [0.25, 0.3) is 0 Å². The van der Waals surface area contributed by atoms with Gasteiger partial charge < -0.3 is 23.5 Å². The van der Waals surface area contributed by atoms with E-state index in [0.29, 0.717) is 10.5 Å². The molecule has 32 heavy (non-hydrogen) atoms. The molecule has 0 atom stereocenters. The SMILES string of the molecule is COc1nc(B2OC(C)(C)C(C)(C)O2)cnc1N(C(=O)OC(C)(C)C)C(=O)OC(C)(C)C. The molecule has 0 aliphatic carbocycles. The molecule has 0 aromatic carbocycles. The van der Waals surface area contributed by atoms with Crippen LogP contribution in [0.4, 0.5) is 15.4 Å². The number of hydrogen-bond acceptors (Lipinski definition) is 9. The Labute approximate surface area is 190 Å². The third kappa shape index (κ3) is 5.89. The van der Waals surface area contributed by atoms with Crippen molar-refractivity contribution in [2.75, 3.05) is 12.0 Å². The number of imide groups is 1. The summed E-state index contributed by atoms with van der Waals surface area (Å²) in [7, 11) is 0.552. The van der Waals surface area contributed by atoms with Gasteiger partial charge in [0.05, 0.1) is 23.9 Å². The van der Waals surface area contributed by atoms with Crippen LogP contribution in [-0.4, -0.2) is 58.8 Å². The number of carbonyl (C=O) groups is 2. The van der Waals surface area contributed by atoms with E-state index in [4.69, 9.17) is 23.5 Å². The van der Waals surface area contributed by atoms with Gasteiger partial charge in [0, 0.05) is 6.20 Å². The van der Waals surface area contributed by atoms with Crippen molar-refractivity contribution in [3.05, 3.63) is 6.20 Å². The monoisotopic (exact) mass is 451 g/mol. The Kier molecular flexibility index (Phi) is 6.88. The Bertz CT molecular complexity index is 831. The van der Waals surface area contributed by atoms with Gasteiger partial charge in [-0.3, -0.25) is 0 Å². The van der Waals surface area contributed by atoms with Gasteiger partial charge in [-0.05, 0) is 69.2 Å². The van der Waals surface area contributed by atoms with E-state index >= 15 is 0 Å². The largest absolute Gasteiger partial charge is 0.516 e. The molecule has 0 N–H and O–H groups in total. The molecule has 0 saturated carbocycles. The van der Waals surface area contributed by atoms with Crippen LogP contribution in [-0.2, 0) is 18.8 Å². The van der Waals surface area contributed by atoms with Crippen molar-refractivity contribution < 1.29 is 33.1 Å². The van der Waals surface area contributed by atoms with Crippen molar-refractivity contribution in [2.24, 2.45) is 0 Å². The molecule has 10 nitrogen and oxygen atoms in total. The topological polar surface area (TPSA) is 109 Å². The number of anilines is 1. The molecule has 0 spiro atoms. The number of amides is 2. The van der Waals surface area contributed by atoms with E-state index in [2.05, 4.69) is 9.97 Å². The van der Waals surface area contributed by atoms with E-state index in [-0.39, 0.29) is 11.7 Å². The van der Waals surface area contributed by atoms with Crippen LogP contribution in [0.1, 0.15) is 69.2 Å². The van der Waals surface area contributed by atoms with Crippen molar-refractivity contribution in [1.29, 1.82) is 0 Å². The second-order valence-corrected chi connectivity index (χ2v) is 10.5. The minimum Gasteiger partial charge on any atom is -0.478 e. The van der Waals surface area contributed by atoms with Crippen molar-refractivity contribution in [2.45, 2.75) is 91.6 Å². The van der Waals surface area contributed by atoms with Crippen molar-refractivity contribution >= 4 is 30.7 Å². The van der Waals surface area contributed by atoms with E-state index in [1.54, 1.807) is 41.5 Å². The van der Waals surface area contributed by atoms with Crippen LogP contribution in [0.3, 0.4) is 0 Å². The molecule has 2 amide bonds. The van der Waals surface area contributed by atoms with Crippen LogP contribution < -0.4 is 15.2 Å². The van der Waals surface area contributed by atoms with Gasteiger partial charge in [-0.1, -0.05) is 0 Å². The second-order valence-electron chi connectivity index (χ2n) is 10.5. The lowest BCUT2D eigenvalue weighted by molar-refractivity contribution is 0.00578. The molecule has 1 aromatic rings. The minimum atomic E-state index is -0.970. The maximum Gasteiger partial charge on any atom is 0.516 e. The molecule has 1 fully saturated rings. The molecular formula is C21H34BN3O7. The van der Waals surface area contributed by atoms with Gasteiger partial charge in [0.25, 0.3) is 5.88 Å². The molecule has 2 rings (SSSR count). The zero-order valence-corrected chi connectivity index (χ0v) is 20.9. The second kappa shape index (κ2) is 8.51. The first kappa shape index (κ1) is 25.9. The molecule has 178 valence electrons. The van der Waals surface area contributed by atoms with Crippen LogP contribution in [0, 0.1) is 0 Å². The summed E-state index contributed by atoms with van der Waals surface area (Å²) in [5, 5.41) is 0. The third-order valence-electron chi connectivity index (χ3n) is 4.79. The number of methoxy groups -OCH3 is 1. The fourth-order valence-corrected chi connectivity index (χ4v) is 2.61. The molecule has 0 radical (unpaired) electrons. The zero-order valence-electron chi connectivity index (χ0n) is 20.9. The summed E-state index contributed by atoms with van der Waals surface area (Å²) in [4.78, 5) is 35.1. The van der Waals surface area contributed by atoms with E-state index in [0.717, 1.165) is 0 Å². The van der Waals surface area contributed by atoms with E-state index in [9.17, 15) is 9.59 Å². The zero-order chi connectivity index (χ0) is 24.7. The number of ether oxygens (including phenoxy) is 3. The van der Waals surface area contributed by atoms with Gasteiger partial charge in [0.15, 0.2) is 0 Å². The Balaban J connectivity index is 2.47.